The maximum absolute atomic E-state index is 12.0. The number of carbonyl (C=O) groups excluding carboxylic acids is 2. The van der Waals surface area contributed by atoms with Crippen molar-refractivity contribution in [2.24, 2.45) is 0 Å². The molecule has 0 radical (unpaired) electrons. The van der Waals surface area contributed by atoms with E-state index >= 15 is 0 Å². The third-order valence-corrected chi connectivity index (χ3v) is 2.78. The Morgan fingerprint density at radius 1 is 0.905 bits per heavy atom. The summed E-state index contributed by atoms with van der Waals surface area (Å²) in [4.78, 5) is 23.5. The van der Waals surface area contributed by atoms with E-state index in [1.807, 2.05) is 18.2 Å². The van der Waals surface area contributed by atoms with Gasteiger partial charge in [0.1, 0.15) is 0 Å². The highest BCUT2D eigenvalue weighted by atomic mass is 16.2. The summed E-state index contributed by atoms with van der Waals surface area (Å²) in [6.45, 7) is 0.237. The maximum Gasteiger partial charge on any atom is 0.255 e. The second-order valence-corrected chi connectivity index (χ2v) is 4.48. The number of benzene rings is 2. The zero-order chi connectivity index (χ0) is 15.1. The SMILES string of the molecule is CNCC(=O)Nc1cccc(NC(=O)c2ccccc2)c1. The number of anilines is 2. The Kier molecular flexibility index (Phi) is 5.06. The Morgan fingerprint density at radius 2 is 1.57 bits per heavy atom. The number of carbonyl (C=O) groups is 2. The summed E-state index contributed by atoms with van der Waals surface area (Å²) in [5.74, 6) is -0.321. The van der Waals surface area contributed by atoms with Gasteiger partial charge in [-0.05, 0) is 37.4 Å². The van der Waals surface area contributed by atoms with Gasteiger partial charge in [0, 0.05) is 16.9 Å². The smallest absolute Gasteiger partial charge is 0.255 e. The fourth-order valence-electron chi connectivity index (χ4n) is 1.83. The van der Waals surface area contributed by atoms with Gasteiger partial charge in [0.05, 0.1) is 6.54 Å². The Bertz CT molecular complexity index is 626. The molecule has 0 atom stereocenters. The Morgan fingerprint density at radius 3 is 2.24 bits per heavy atom. The van der Waals surface area contributed by atoms with Crippen molar-refractivity contribution in [3.8, 4) is 0 Å². The van der Waals surface area contributed by atoms with E-state index in [4.69, 9.17) is 0 Å². The van der Waals surface area contributed by atoms with E-state index in [1.54, 1.807) is 43.4 Å². The lowest BCUT2D eigenvalue weighted by Gasteiger charge is -2.08. The summed E-state index contributed by atoms with van der Waals surface area (Å²) in [6.07, 6.45) is 0. The molecule has 0 fully saturated rings. The summed E-state index contributed by atoms with van der Waals surface area (Å²) < 4.78 is 0. The van der Waals surface area contributed by atoms with Crippen LogP contribution in [0, 0.1) is 0 Å². The summed E-state index contributed by atoms with van der Waals surface area (Å²) in [5.41, 5.74) is 1.86. The minimum absolute atomic E-state index is 0.135. The number of nitrogens with one attached hydrogen (secondary N) is 3. The fourth-order valence-corrected chi connectivity index (χ4v) is 1.83. The molecule has 0 aliphatic heterocycles. The molecular weight excluding hydrogens is 266 g/mol. The molecule has 2 amide bonds. The summed E-state index contributed by atoms with van der Waals surface area (Å²) >= 11 is 0. The molecule has 5 nitrogen and oxygen atoms in total. The van der Waals surface area contributed by atoms with Crippen molar-refractivity contribution in [3.05, 3.63) is 60.2 Å². The molecule has 0 spiro atoms. The topological polar surface area (TPSA) is 70.2 Å². The summed E-state index contributed by atoms with van der Waals surface area (Å²) in [5, 5.41) is 8.32. The van der Waals surface area contributed by atoms with E-state index in [9.17, 15) is 9.59 Å². The van der Waals surface area contributed by atoms with Crippen LogP contribution in [-0.4, -0.2) is 25.4 Å². The zero-order valence-corrected chi connectivity index (χ0v) is 11.7. The molecule has 2 rings (SSSR count). The van der Waals surface area contributed by atoms with Crippen molar-refractivity contribution in [1.29, 1.82) is 0 Å². The number of rotatable bonds is 5. The van der Waals surface area contributed by atoms with Crippen LogP contribution < -0.4 is 16.0 Å². The Balaban J connectivity index is 2.04. The zero-order valence-electron chi connectivity index (χ0n) is 11.7. The van der Waals surface area contributed by atoms with Crippen LogP contribution in [0.2, 0.25) is 0 Å². The molecule has 0 aliphatic carbocycles. The predicted molar refractivity (Wildman–Crippen MR) is 83.4 cm³/mol. The van der Waals surface area contributed by atoms with Crippen molar-refractivity contribution in [3.63, 3.8) is 0 Å². The first-order valence-corrected chi connectivity index (χ1v) is 6.60. The lowest BCUT2D eigenvalue weighted by Crippen LogP contribution is -2.25. The molecule has 0 bridgehead atoms. The van der Waals surface area contributed by atoms with E-state index in [0.717, 1.165) is 0 Å². The lowest BCUT2D eigenvalue weighted by molar-refractivity contribution is -0.115. The van der Waals surface area contributed by atoms with Crippen LogP contribution in [0.4, 0.5) is 11.4 Å². The van der Waals surface area contributed by atoms with Crippen molar-refractivity contribution < 1.29 is 9.59 Å². The van der Waals surface area contributed by atoms with Gasteiger partial charge in [0.25, 0.3) is 5.91 Å². The van der Waals surface area contributed by atoms with E-state index in [2.05, 4.69) is 16.0 Å². The van der Waals surface area contributed by atoms with Crippen molar-refractivity contribution >= 4 is 23.2 Å². The van der Waals surface area contributed by atoms with E-state index in [-0.39, 0.29) is 18.4 Å². The van der Waals surface area contributed by atoms with E-state index < -0.39 is 0 Å². The molecule has 0 aromatic heterocycles. The second kappa shape index (κ2) is 7.21. The fraction of sp³-hybridized carbons (Fsp3) is 0.125. The minimum atomic E-state index is -0.186. The first-order chi connectivity index (χ1) is 10.2. The van der Waals surface area contributed by atoms with Crippen LogP contribution in [0.1, 0.15) is 10.4 Å². The Labute approximate surface area is 123 Å². The summed E-state index contributed by atoms with van der Waals surface area (Å²) in [6, 6.07) is 16.0. The van der Waals surface area contributed by atoms with E-state index in [0.29, 0.717) is 16.9 Å². The number of likely N-dealkylation sites (N-methyl/N-ethyl adjacent to an activating group) is 1. The van der Waals surface area contributed by atoms with Gasteiger partial charge in [0.15, 0.2) is 0 Å². The molecular formula is C16H17N3O2. The molecule has 108 valence electrons. The van der Waals surface area contributed by atoms with Crippen molar-refractivity contribution in [1.82, 2.24) is 5.32 Å². The monoisotopic (exact) mass is 283 g/mol. The number of amides is 2. The van der Waals surface area contributed by atoms with Gasteiger partial charge >= 0.3 is 0 Å². The van der Waals surface area contributed by atoms with Crippen molar-refractivity contribution in [2.75, 3.05) is 24.2 Å². The largest absolute Gasteiger partial charge is 0.325 e. The normalized spacial score (nSPS) is 9.95. The third kappa shape index (κ3) is 4.43. The second-order valence-electron chi connectivity index (χ2n) is 4.48. The first kappa shape index (κ1) is 14.7. The average molecular weight is 283 g/mol. The van der Waals surface area contributed by atoms with Gasteiger partial charge < -0.3 is 16.0 Å². The molecule has 0 aliphatic rings. The molecule has 2 aromatic carbocycles. The van der Waals surface area contributed by atoms with Gasteiger partial charge in [-0.3, -0.25) is 9.59 Å². The van der Waals surface area contributed by atoms with Crippen molar-refractivity contribution in [2.45, 2.75) is 0 Å². The highest BCUT2D eigenvalue weighted by Gasteiger charge is 2.06. The summed E-state index contributed by atoms with van der Waals surface area (Å²) in [7, 11) is 1.70. The standard InChI is InChI=1S/C16H17N3O2/c1-17-11-15(20)18-13-8-5-9-14(10-13)19-16(21)12-6-3-2-4-7-12/h2-10,17H,11H2,1H3,(H,18,20)(H,19,21). The van der Waals surface area contributed by atoms with Crippen LogP contribution in [0.25, 0.3) is 0 Å². The number of hydrogen-bond acceptors (Lipinski definition) is 3. The van der Waals surface area contributed by atoms with Gasteiger partial charge in [0.2, 0.25) is 5.91 Å². The molecule has 0 saturated carbocycles. The Hall–Kier alpha value is -2.66. The van der Waals surface area contributed by atoms with Crippen LogP contribution in [0.15, 0.2) is 54.6 Å². The van der Waals surface area contributed by atoms with Crippen LogP contribution in [-0.2, 0) is 4.79 Å². The van der Waals surface area contributed by atoms with Gasteiger partial charge in [-0.1, -0.05) is 24.3 Å². The molecule has 3 N–H and O–H groups in total. The third-order valence-electron chi connectivity index (χ3n) is 2.78. The minimum Gasteiger partial charge on any atom is -0.325 e. The van der Waals surface area contributed by atoms with E-state index in [1.165, 1.54) is 0 Å². The number of hydrogen-bond donors (Lipinski definition) is 3. The molecule has 5 heteroatoms. The van der Waals surface area contributed by atoms with Gasteiger partial charge in [-0.25, -0.2) is 0 Å². The molecule has 2 aromatic rings. The van der Waals surface area contributed by atoms with Crippen LogP contribution in [0.5, 0.6) is 0 Å². The molecule has 0 unspecified atom stereocenters. The highest BCUT2D eigenvalue weighted by Crippen LogP contribution is 2.16. The van der Waals surface area contributed by atoms with Gasteiger partial charge in [-0.2, -0.15) is 0 Å². The maximum atomic E-state index is 12.0. The lowest BCUT2D eigenvalue weighted by atomic mass is 10.2. The van der Waals surface area contributed by atoms with Crippen LogP contribution in [0.3, 0.4) is 0 Å². The molecule has 0 saturated heterocycles. The van der Waals surface area contributed by atoms with Gasteiger partial charge in [-0.15, -0.1) is 0 Å². The quantitative estimate of drug-likeness (QED) is 0.787. The first-order valence-electron chi connectivity index (χ1n) is 6.60. The van der Waals surface area contributed by atoms with Crippen LogP contribution >= 0.6 is 0 Å². The molecule has 0 heterocycles. The average Bonchev–Trinajstić information content (AvgIpc) is 2.48. The molecule has 21 heavy (non-hydrogen) atoms. The predicted octanol–water partition coefficient (Wildman–Crippen LogP) is 2.10. The highest BCUT2D eigenvalue weighted by molar-refractivity contribution is 6.04.